The predicted octanol–water partition coefficient (Wildman–Crippen LogP) is 3.03. The summed E-state index contributed by atoms with van der Waals surface area (Å²) in [4.78, 5) is 38.4. The second-order valence-electron chi connectivity index (χ2n) is 7.64. The van der Waals surface area contributed by atoms with E-state index in [0.717, 1.165) is 41.5 Å². The highest BCUT2D eigenvalue weighted by molar-refractivity contribution is 8.00. The molecular weight excluding hydrogens is 450 g/mol. The van der Waals surface area contributed by atoms with Crippen molar-refractivity contribution >= 4 is 40.0 Å². The van der Waals surface area contributed by atoms with E-state index in [-0.39, 0.29) is 10.9 Å². The molecule has 0 radical (unpaired) electrons. The Morgan fingerprint density at radius 2 is 2.09 bits per heavy atom. The first kappa shape index (κ1) is 22.3. The Labute approximate surface area is 192 Å². The number of esters is 1. The van der Waals surface area contributed by atoms with Gasteiger partial charge >= 0.3 is 16.6 Å². The van der Waals surface area contributed by atoms with Crippen molar-refractivity contribution < 1.29 is 23.5 Å². The fourth-order valence-electron chi connectivity index (χ4n) is 3.90. The van der Waals surface area contributed by atoms with Gasteiger partial charge < -0.3 is 10.1 Å². The number of aromatic amines is 1. The lowest BCUT2D eigenvalue weighted by atomic mass is 9.83. The number of ether oxygens (including phenoxy) is 1. The van der Waals surface area contributed by atoms with Crippen LogP contribution in [0.3, 0.4) is 0 Å². The number of amides is 1. The fraction of sp³-hybridized carbons (Fsp3) is 0.364. The first-order chi connectivity index (χ1) is 15.4. The summed E-state index contributed by atoms with van der Waals surface area (Å²) in [5.74, 6) is -0.383. The molecule has 0 fully saturated rings. The van der Waals surface area contributed by atoms with Gasteiger partial charge in [0.05, 0.1) is 17.9 Å². The van der Waals surface area contributed by atoms with Gasteiger partial charge in [-0.3, -0.25) is 9.32 Å². The maximum atomic E-state index is 12.9. The lowest BCUT2D eigenvalue weighted by Gasteiger charge is -2.22. The van der Waals surface area contributed by atoms with Crippen molar-refractivity contribution in [2.75, 3.05) is 12.4 Å². The maximum Gasteiger partial charge on any atom is 0.441 e. The molecule has 0 saturated heterocycles. The van der Waals surface area contributed by atoms with E-state index in [9.17, 15) is 14.4 Å². The predicted molar refractivity (Wildman–Crippen MR) is 121 cm³/mol. The van der Waals surface area contributed by atoms with E-state index in [0.29, 0.717) is 16.5 Å². The summed E-state index contributed by atoms with van der Waals surface area (Å²) < 4.78 is 11.2. The van der Waals surface area contributed by atoms with Gasteiger partial charge in [-0.25, -0.2) is 9.59 Å². The maximum absolute atomic E-state index is 12.9. The monoisotopic (exact) mass is 474 g/mol. The first-order valence-corrected chi connectivity index (χ1v) is 11.9. The molecule has 0 bridgehead atoms. The molecule has 2 heterocycles. The lowest BCUT2D eigenvalue weighted by molar-refractivity contribution is -0.772. The number of hydrogen-bond acceptors (Lipinski definition) is 7. The number of carbonyl (C=O) groups is 2. The zero-order valence-corrected chi connectivity index (χ0v) is 19.6. The number of hydrogen-bond donors (Lipinski definition) is 2. The molecule has 0 saturated carbocycles. The van der Waals surface area contributed by atoms with Gasteiger partial charge in [0.15, 0.2) is 7.05 Å². The first-order valence-electron chi connectivity index (χ1n) is 10.2. The minimum Gasteiger partial charge on any atom is -0.465 e. The zero-order chi connectivity index (χ0) is 22.8. The number of benzene rings is 1. The lowest BCUT2D eigenvalue weighted by Crippen LogP contribution is -2.35. The van der Waals surface area contributed by atoms with E-state index in [1.54, 1.807) is 14.0 Å². The molecule has 2 aromatic heterocycles. The van der Waals surface area contributed by atoms with Crippen molar-refractivity contribution in [1.29, 1.82) is 0 Å². The number of methoxy groups -OCH3 is 1. The second-order valence-corrected chi connectivity index (χ2v) is 10.1. The molecular formula is C22H24N3O5S2+. The Hall–Kier alpha value is -2.85. The molecule has 1 aliphatic rings. The summed E-state index contributed by atoms with van der Waals surface area (Å²) in [5.41, 5.74) is 2.14. The van der Waals surface area contributed by atoms with E-state index in [4.69, 9.17) is 9.26 Å². The molecule has 168 valence electrons. The van der Waals surface area contributed by atoms with Gasteiger partial charge in [0, 0.05) is 4.88 Å². The molecule has 1 amide bonds. The van der Waals surface area contributed by atoms with E-state index >= 15 is 0 Å². The second kappa shape index (κ2) is 9.33. The van der Waals surface area contributed by atoms with E-state index < -0.39 is 16.8 Å². The molecule has 2 unspecified atom stereocenters. The SMILES string of the molecule is COC(=O)c1c(NC(=O)C(C)Sc2c(=O)o[nH][n+]2C)sc2c1CCC(c1ccccc1)C2. The number of thioether (sulfide) groups is 1. The molecule has 1 aromatic carbocycles. The third-order valence-corrected chi connectivity index (χ3v) is 7.98. The molecule has 3 aromatic rings. The van der Waals surface area contributed by atoms with Gasteiger partial charge in [-0.1, -0.05) is 35.0 Å². The highest BCUT2D eigenvalue weighted by Gasteiger charge is 2.32. The van der Waals surface area contributed by atoms with Crippen molar-refractivity contribution in [2.45, 2.75) is 42.4 Å². The van der Waals surface area contributed by atoms with Crippen LogP contribution in [0.2, 0.25) is 0 Å². The van der Waals surface area contributed by atoms with Crippen molar-refractivity contribution in [3.05, 3.63) is 62.3 Å². The van der Waals surface area contributed by atoms with Crippen LogP contribution in [0.25, 0.3) is 0 Å². The highest BCUT2D eigenvalue weighted by atomic mass is 32.2. The van der Waals surface area contributed by atoms with Crippen LogP contribution in [-0.4, -0.2) is 29.5 Å². The number of fused-ring (bicyclic) bond motifs is 1. The molecule has 0 spiro atoms. The van der Waals surface area contributed by atoms with Crippen LogP contribution in [0.5, 0.6) is 0 Å². The Morgan fingerprint density at radius 1 is 1.34 bits per heavy atom. The average molecular weight is 475 g/mol. The van der Waals surface area contributed by atoms with Gasteiger partial charge in [-0.05, 0) is 60.3 Å². The van der Waals surface area contributed by atoms with Crippen LogP contribution in [-0.2, 0) is 29.4 Å². The van der Waals surface area contributed by atoms with Crippen LogP contribution in [0.4, 0.5) is 5.00 Å². The topological polar surface area (TPSA) is 105 Å². The Balaban J connectivity index is 1.57. The van der Waals surface area contributed by atoms with Crippen LogP contribution < -0.4 is 15.6 Å². The number of aryl methyl sites for hydroxylation is 1. The summed E-state index contributed by atoms with van der Waals surface area (Å²) in [6.45, 7) is 1.70. The summed E-state index contributed by atoms with van der Waals surface area (Å²) in [5, 5.41) is 5.53. The number of anilines is 1. The fourth-order valence-corrected chi connectivity index (χ4v) is 6.05. The summed E-state index contributed by atoms with van der Waals surface area (Å²) in [6, 6.07) is 10.3. The summed E-state index contributed by atoms with van der Waals surface area (Å²) in [6.07, 6.45) is 2.49. The number of rotatable bonds is 6. The zero-order valence-electron chi connectivity index (χ0n) is 18.0. The van der Waals surface area contributed by atoms with Crippen LogP contribution >= 0.6 is 23.1 Å². The minimum absolute atomic E-state index is 0.289. The number of nitrogens with one attached hydrogen (secondary N) is 2. The molecule has 2 N–H and O–H groups in total. The summed E-state index contributed by atoms with van der Waals surface area (Å²) in [7, 11) is 2.97. The van der Waals surface area contributed by atoms with Crippen molar-refractivity contribution in [2.24, 2.45) is 7.05 Å². The third-order valence-electron chi connectivity index (χ3n) is 5.57. The Morgan fingerprint density at radius 3 is 2.75 bits per heavy atom. The standard InChI is InChI=1S/C22H23N3O5S2/c1-12(31-20-22(28)30-24-25(20)2)18(26)23-19-17(21(27)29-3)15-10-9-14(11-16(15)32-19)13-7-5-4-6-8-13/h4-8,12,14H,9-11H2,1-3H3,(H-,23,24,26,27,28)/p+1. The van der Waals surface area contributed by atoms with Crippen LogP contribution in [0, 0.1) is 0 Å². The minimum atomic E-state index is -0.582. The molecule has 1 aliphatic carbocycles. The largest absolute Gasteiger partial charge is 0.465 e. The quantitative estimate of drug-likeness (QED) is 0.323. The number of thiophene rings is 1. The highest BCUT2D eigenvalue weighted by Crippen LogP contribution is 2.43. The van der Waals surface area contributed by atoms with E-state index in [2.05, 4.69) is 22.7 Å². The molecule has 8 nitrogen and oxygen atoms in total. The van der Waals surface area contributed by atoms with Gasteiger partial charge in [-0.15, -0.1) is 11.3 Å². The van der Waals surface area contributed by atoms with Gasteiger partial charge in [-0.2, -0.15) is 0 Å². The molecule has 0 aliphatic heterocycles. The van der Waals surface area contributed by atoms with Crippen LogP contribution in [0.15, 0.2) is 44.7 Å². The molecule has 32 heavy (non-hydrogen) atoms. The average Bonchev–Trinajstić information content (AvgIpc) is 3.32. The third kappa shape index (κ3) is 4.37. The number of H-pyrrole nitrogens is 1. The van der Waals surface area contributed by atoms with Gasteiger partial charge in [0.25, 0.3) is 0 Å². The van der Waals surface area contributed by atoms with Crippen LogP contribution in [0.1, 0.15) is 45.6 Å². The molecule has 10 heteroatoms. The van der Waals surface area contributed by atoms with Crippen molar-refractivity contribution in [3.8, 4) is 0 Å². The van der Waals surface area contributed by atoms with E-state index in [1.165, 1.54) is 28.7 Å². The van der Waals surface area contributed by atoms with Crippen molar-refractivity contribution in [1.82, 2.24) is 5.27 Å². The van der Waals surface area contributed by atoms with Gasteiger partial charge in [0.1, 0.15) is 5.00 Å². The Bertz CT molecular complexity index is 1200. The number of aromatic nitrogens is 2. The molecule has 2 atom stereocenters. The number of nitrogens with zero attached hydrogens (tertiary/aromatic N) is 1. The Kier molecular flexibility index (Phi) is 6.52. The van der Waals surface area contributed by atoms with Gasteiger partial charge in [0.2, 0.25) is 5.91 Å². The van der Waals surface area contributed by atoms with Crippen molar-refractivity contribution in [3.63, 3.8) is 0 Å². The molecule has 4 rings (SSSR count). The summed E-state index contributed by atoms with van der Waals surface area (Å²) >= 11 is 2.52. The normalized spacial score (nSPS) is 16.3. The number of carbonyl (C=O) groups excluding carboxylic acids is 2. The van der Waals surface area contributed by atoms with E-state index in [1.807, 2.05) is 18.2 Å². The smallest absolute Gasteiger partial charge is 0.441 e.